The van der Waals surface area contributed by atoms with Crippen LogP contribution in [-0.2, 0) is 5.41 Å². The summed E-state index contributed by atoms with van der Waals surface area (Å²) in [5.41, 5.74) is 17.0. The van der Waals surface area contributed by atoms with Crippen LogP contribution in [0.2, 0.25) is 0 Å². The van der Waals surface area contributed by atoms with Crippen molar-refractivity contribution in [2.75, 3.05) is 4.90 Å². The third-order valence-corrected chi connectivity index (χ3v) is 11.8. The van der Waals surface area contributed by atoms with Crippen LogP contribution in [0.25, 0.3) is 72.7 Å². The summed E-state index contributed by atoms with van der Waals surface area (Å²) in [6, 6.07) is 71.3. The molecule has 0 spiro atoms. The minimum absolute atomic E-state index is 0.111. The van der Waals surface area contributed by atoms with E-state index in [1.807, 2.05) is 30.3 Å². The van der Waals surface area contributed by atoms with Gasteiger partial charge in [0.05, 0.1) is 11.0 Å². The molecule has 10 aromatic rings. The Morgan fingerprint density at radius 3 is 1.83 bits per heavy atom. The normalized spacial score (nSPS) is 12.8. The van der Waals surface area contributed by atoms with E-state index in [1.165, 1.54) is 22.3 Å². The van der Waals surface area contributed by atoms with Gasteiger partial charge in [0.25, 0.3) is 0 Å². The average Bonchev–Trinajstić information content (AvgIpc) is 3.96. The van der Waals surface area contributed by atoms with E-state index in [0.717, 1.165) is 78.6 Å². The number of aromatic nitrogens is 2. The number of imidazole rings is 1. The lowest BCUT2D eigenvalue weighted by atomic mass is 9.82. The van der Waals surface area contributed by atoms with Crippen molar-refractivity contribution in [3.63, 3.8) is 0 Å². The molecule has 0 N–H and O–H groups in total. The Morgan fingerprint density at radius 2 is 1.07 bits per heavy atom. The number of furan rings is 1. The van der Waals surface area contributed by atoms with Crippen molar-refractivity contribution in [3.05, 3.63) is 211 Å². The lowest BCUT2D eigenvalue weighted by Gasteiger charge is -2.28. The molecule has 2 aromatic heterocycles. The number of benzene rings is 8. The fraction of sp³-hybridized carbons (Fsp3) is 0.0556. The van der Waals surface area contributed by atoms with Gasteiger partial charge in [-0.1, -0.05) is 129 Å². The second-order valence-corrected chi connectivity index (χ2v) is 15.7. The molecule has 4 heteroatoms. The first kappa shape index (κ1) is 33.9. The summed E-state index contributed by atoms with van der Waals surface area (Å²) < 4.78 is 8.48. The maximum atomic E-state index is 6.24. The van der Waals surface area contributed by atoms with Gasteiger partial charge in [-0.25, -0.2) is 4.98 Å². The van der Waals surface area contributed by atoms with Crippen LogP contribution in [-0.4, -0.2) is 9.55 Å². The summed E-state index contributed by atoms with van der Waals surface area (Å²) >= 11 is 0. The Hall–Kier alpha value is -7.43. The number of fused-ring (bicyclic) bond motifs is 5. The molecule has 0 atom stereocenters. The van der Waals surface area contributed by atoms with Gasteiger partial charge in [-0.15, -0.1) is 0 Å². The van der Waals surface area contributed by atoms with Crippen molar-refractivity contribution in [2.45, 2.75) is 19.3 Å². The summed E-state index contributed by atoms with van der Waals surface area (Å²) in [6.45, 7) is 4.68. The molecule has 276 valence electrons. The highest BCUT2D eigenvalue weighted by Crippen LogP contribution is 2.50. The number of para-hydroxylation sites is 4. The predicted molar refractivity (Wildman–Crippen MR) is 239 cm³/mol. The van der Waals surface area contributed by atoms with Crippen LogP contribution < -0.4 is 4.90 Å². The highest BCUT2D eigenvalue weighted by atomic mass is 16.3. The van der Waals surface area contributed by atoms with Crippen LogP contribution in [0.4, 0.5) is 17.1 Å². The van der Waals surface area contributed by atoms with Gasteiger partial charge >= 0.3 is 0 Å². The van der Waals surface area contributed by atoms with Gasteiger partial charge in [0.1, 0.15) is 17.2 Å². The van der Waals surface area contributed by atoms with Gasteiger partial charge in [0.15, 0.2) is 0 Å². The van der Waals surface area contributed by atoms with E-state index in [0.29, 0.717) is 0 Å². The minimum atomic E-state index is -0.111. The van der Waals surface area contributed by atoms with Gasteiger partial charge in [-0.2, -0.15) is 0 Å². The molecule has 0 saturated carbocycles. The Labute approximate surface area is 337 Å². The molecular formula is C54H39N3O. The van der Waals surface area contributed by atoms with Gasteiger partial charge < -0.3 is 9.32 Å². The molecule has 0 aliphatic heterocycles. The fourth-order valence-corrected chi connectivity index (χ4v) is 8.85. The van der Waals surface area contributed by atoms with Crippen molar-refractivity contribution >= 4 is 39.1 Å². The number of hydrogen-bond donors (Lipinski definition) is 0. The molecule has 4 nitrogen and oxygen atoms in total. The molecule has 2 heterocycles. The number of nitrogens with zero attached hydrogens (tertiary/aromatic N) is 3. The van der Waals surface area contributed by atoms with Crippen LogP contribution in [0.1, 0.15) is 25.0 Å². The first-order chi connectivity index (χ1) is 28.5. The second-order valence-electron chi connectivity index (χ2n) is 15.7. The Bertz CT molecular complexity index is 3080. The zero-order valence-electron chi connectivity index (χ0n) is 32.3. The predicted octanol–water partition coefficient (Wildman–Crippen LogP) is 14.5. The molecule has 1 aliphatic rings. The molecular weight excluding hydrogens is 707 g/mol. The third-order valence-electron chi connectivity index (χ3n) is 11.8. The van der Waals surface area contributed by atoms with Crippen LogP contribution in [0.15, 0.2) is 205 Å². The second kappa shape index (κ2) is 13.4. The molecule has 0 amide bonds. The molecule has 1 aliphatic carbocycles. The quantitative estimate of drug-likeness (QED) is 0.163. The number of rotatable bonds is 7. The van der Waals surface area contributed by atoms with Crippen molar-refractivity contribution in [1.29, 1.82) is 0 Å². The third kappa shape index (κ3) is 5.56. The molecule has 0 saturated heterocycles. The highest BCUT2D eigenvalue weighted by Gasteiger charge is 2.35. The molecule has 8 aromatic carbocycles. The van der Waals surface area contributed by atoms with E-state index in [1.54, 1.807) is 0 Å². The van der Waals surface area contributed by atoms with Gasteiger partial charge in [0, 0.05) is 44.7 Å². The van der Waals surface area contributed by atoms with Crippen molar-refractivity contribution in [3.8, 4) is 50.7 Å². The van der Waals surface area contributed by atoms with E-state index >= 15 is 0 Å². The standard InChI is InChI=1S/C54H39N3O/c1-54(2)47-16-8-7-15-45(47)46-33-32-44(35-48(46)54)56(43-30-26-38(27-31-43)52-34-40-12-6-11-19-51(40)58-52)42-28-24-37(25-29-42)36-20-22-39(23-21-36)53-55-49-17-9-10-18-50(49)57(53)41-13-4-3-5-14-41/h3-35H,1-2H3. The maximum Gasteiger partial charge on any atom is 0.145 e. The SMILES string of the molecule is CC1(C)c2ccccc2-c2ccc(N(c3ccc(-c4ccc(-c5nc6ccccc6n5-c5ccccc5)cc4)cc3)c3ccc(-c4cc5ccccc5o4)cc3)cc21. The monoisotopic (exact) mass is 745 g/mol. The van der Waals surface area contributed by atoms with Gasteiger partial charge in [-0.3, -0.25) is 4.57 Å². The van der Waals surface area contributed by atoms with Crippen molar-refractivity contribution < 1.29 is 4.42 Å². The lowest BCUT2D eigenvalue weighted by Crippen LogP contribution is -2.16. The minimum Gasteiger partial charge on any atom is -0.456 e. The molecule has 11 rings (SSSR count). The Morgan fingerprint density at radius 1 is 0.483 bits per heavy atom. The molecule has 58 heavy (non-hydrogen) atoms. The highest BCUT2D eigenvalue weighted by molar-refractivity contribution is 5.88. The van der Waals surface area contributed by atoms with E-state index in [4.69, 9.17) is 9.40 Å². The van der Waals surface area contributed by atoms with Crippen LogP contribution in [0, 0.1) is 0 Å². The smallest absolute Gasteiger partial charge is 0.145 e. The van der Waals surface area contributed by atoms with Crippen molar-refractivity contribution in [1.82, 2.24) is 9.55 Å². The summed E-state index contributed by atoms with van der Waals surface area (Å²) in [5.74, 6) is 1.79. The fourth-order valence-electron chi connectivity index (χ4n) is 8.85. The largest absolute Gasteiger partial charge is 0.456 e. The zero-order valence-corrected chi connectivity index (χ0v) is 32.3. The first-order valence-corrected chi connectivity index (χ1v) is 19.9. The van der Waals surface area contributed by atoms with Crippen LogP contribution in [0.5, 0.6) is 0 Å². The number of anilines is 3. The zero-order chi connectivity index (χ0) is 38.8. The van der Waals surface area contributed by atoms with Gasteiger partial charge in [-0.05, 0) is 118 Å². The lowest BCUT2D eigenvalue weighted by molar-refractivity contribution is 0.631. The molecule has 0 radical (unpaired) electrons. The van der Waals surface area contributed by atoms with E-state index < -0.39 is 0 Å². The van der Waals surface area contributed by atoms with Crippen LogP contribution >= 0.6 is 0 Å². The summed E-state index contributed by atoms with van der Waals surface area (Å²) in [7, 11) is 0. The van der Waals surface area contributed by atoms with E-state index in [-0.39, 0.29) is 5.41 Å². The molecule has 0 bridgehead atoms. The molecule has 0 fully saturated rings. The Kier molecular flexibility index (Phi) is 7.80. The molecule has 0 unspecified atom stereocenters. The average molecular weight is 746 g/mol. The van der Waals surface area contributed by atoms with Crippen molar-refractivity contribution in [2.24, 2.45) is 0 Å². The van der Waals surface area contributed by atoms with Crippen LogP contribution in [0.3, 0.4) is 0 Å². The maximum absolute atomic E-state index is 6.24. The summed E-state index contributed by atoms with van der Waals surface area (Å²) in [6.07, 6.45) is 0. The Balaban J connectivity index is 0.958. The summed E-state index contributed by atoms with van der Waals surface area (Å²) in [5, 5.41) is 1.10. The van der Waals surface area contributed by atoms with E-state index in [2.05, 4.69) is 193 Å². The number of hydrogen-bond acceptors (Lipinski definition) is 3. The first-order valence-electron chi connectivity index (χ1n) is 19.9. The summed E-state index contributed by atoms with van der Waals surface area (Å²) in [4.78, 5) is 7.44. The topological polar surface area (TPSA) is 34.2 Å². The van der Waals surface area contributed by atoms with Gasteiger partial charge in [0.2, 0.25) is 0 Å². The van der Waals surface area contributed by atoms with E-state index in [9.17, 15) is 0 Å².